The van der Waals surface area contributed by atoms with E-state index >= 15 is 0 Å². The van der Waals surface area contributed by atoms with E-state index in [0.29, 0.717) is 30.3 Å². The second kappa shape index (κ2) is 9.85. The summed E-state index contributed by atoms with van der Waals surface area (Å²) in [6.45, 7) is 3.46. The Kier molecular flexibility index (Phi) is 7.23. The van der Waals surface area contributed by atoms with Gasteiger partial charge in [0.05, 0.1) is 36.4 Å². The number of benzene rings is 1. The number of carbonyl (C=O) groups is 2. The third-order valence-corrected chi connectivity index (χ3v) is 5.68. The van der Waals surface area contributed by atoms with Crippen LogP contribution in [0.1, 0.15) is 21.3 Å². The molecule has 2 N–H and O–H groups in total. The molecule has 0 saturated carbocycles. The van der Waals surface area contributed by atoms with Crippen LogP contribution in [0.5, 0.6) is 0 Å². The van der Waals surface area contributed by atoms with E-state index in [0.717, 1.165) is 13.1 Å². The second-order valence-electron chi connectivity index (χ2n) is 6.15. The highest BCUT2D eigenvalue weighted by atomic mass is 35.5. The molecule has 1 saturated heterocycles. The molecule has 0 radical (unpaired) electrons. The van der Waals surface area contributed by atoms with E-state index in [-0.39, 0.29) is 24.4 Å². The van der Waals surface area contributed by atoms with E-state index < -0.39 is 0 Å². The molecule has 1 aliphatic rings. The Labute approximate surface area is 167 Å². The molecule has 8 heteroatoms. The molecule has 1 atom stereocenters. The van der Waals surface area contributed by atoms with E-state index in [9.17, 15) is 9.59 Å². The zero-order valence-corrected chi connectivity index (χ0v) is 16.4. The fraction of sp³-hybridized carbons (Fsp3) is 0.368. The van der Waals surface area contributed by atoms with E-state index in [1.54, 1.807) is 35.6 Å². The van der Waals surface area contributed by atoms with Gasteiger partial charge in [0.25, 0.3) is 5.91 Å². The lowest BCUT2D eigenvalue weighted by molar-refractivity contribution is -0.120. The molecule has 144 valence electrons. The quantitative estimate of drug-likeness (QED) is 0.739. The molecule has 2 aromatic rings. The molecule has 1 unspecified atom stereocenters. The summed E-state index contributed by atoms with van der Waals surface area (Å²) in [4.78, 5) is 27.9. The van der Waals surface area contributed by atoms with Gasteiger partial charge < -0.3 is 15.4 Å². The SMILES string of the molecule is O=C(CNC(=O)c1ccccc1Cl)NCC(c1cccs1)N1CCOCC1. The Bertz CT molecular complexity index is 763. The van der Waals surface area contributed by atoms with Crippen molar-refractivity contribution in [2.24, 2.45) is 0 Å². The Morgan fingerprint density at radius 3 is 2.63 bits per heavy atom. The lowest BCUT2D eigenvalue weighted by Gasteiger charge is -2.34. The minimum Gasteiger partial charge on any atom is -0.379 e. The summed E-state index contributed by atoms with van der Waals surface area (Å²) in [5, 5.41) is 7.94. The number of nitrogens with zero attached hydrogens (tertiary/aromatic N) is 1. The van der Waals surface area contributed by atoms with Gasteiger partial charge >= 0.3 is 0 Å². The summed E-state index contributed by atoms with van der Waals surface area (Å²) in [6, 6.07) is 11.0. The molecule has 1 aromatic heterocycles. The third-order valence-electron chi connectivity index (χ3n) is 4.38. The first kappa shape index (κ1) is 19.8. The normalized spacial score (nSPS) is 15.9. The van der Waals surface area contributed by atoms with Crippen molar-refractivity contribution >= 4 is 34.8 Å². The number of halogens is 1. The summed E-state index contributed by atoms with van der Waals surface area (Å²) >= 11 is 7.68. The van der Waals surface area contributed by atoms with Gasteiger partial charge in [-0.25, -0.2) is 0 Å². The van der Waals surface area contributed by atoms with Crippen molar-refractivity contribution in [3.05, 3.63) is 57.2 Å². The van der Waals surface area contributed by atoms with Crippen LogP contribution in [0.25, 0.3) is 0 Å². The first-order valence-corrected chi connectivity index (χ1v) is 10.1. The summed E-state index contributed by atoms with van der Waals surface area (Å²) in [7, 11) is 0. The average molecular weight is 408 g/mol. The zero-order valence-electron chi connectivity index (χ0n) is 14.8. The number of hydrogen-bond acceptors (Lipinski definition) is 5. The fourth-order valence-electron chi connectivity index (χ4n) is 2.95. The summed E-state index contributed by atoms with van der Waals surface area (Å²) in [5.74, 6) is -0.594. The minimum absolute atomic E-state index is 0.0929. The predicted octanol–water partition coefficient (Wildman–Crippen LogP) is 2.32. The smallest absolute Gasteiger partial charge is 0.253 e. The molecule has 3 rings (SSSR count). The van der Waals surface area contributed by atoms with Gasteiger partial charge in [-0.3, -0.25) is 14.5 Å². The van der Waals surface area contributed by atoms with Crippen LogP contribution in [0, 0.1) is 0 Å². The fourth-order valence-corrected chi connectivity index (χ4v) is 4.04. The van der Waals surface area contributed by atoms with Crippen LogP contribution in [0.2, 0.25) is 5.02 Å². The topological polar surface area (TPSA) is 70.7 Å². The maximum absolute atomic E-state index is 12.2. The number of carbonyl (C=O) groups excluding carboxylic acids is 2. The Morgan fingerprint density at radius 1 is 1.15 bits per heavy atom. The van der Waals surface area contributed by atoms with Crippen LogP contribution < -0.4 is 10.6 Å². The maximum atomic E-state index is 12.2. The Balaban J connectivity index is 1.52. The lowest BCUT2D eigenvalue weighted by Crippen LogP contribution is -2.45. The van der Waals surface area contributed by atoms with Crippen molar-refractivity contribution in [2.75, 3.05) is 39.4 Å². The van der Waals surface area contributed by atoms with Gasteiger partial charge in [-0.05, 0) is 23.6 Å². The number of nitrogens with one attached hydrogen (secondary N) is 2. The molecule has 0 aliphatic carbocycles. The molecule has 0 bridgehead atoms. The van der Waals surface area contributed by atoms with Gasteiger partial charge in [0.1, 0.15) is 0 Å². The average Bonchev–Trinajstić information content (AvgIpc) is 3.22. The van der Waals surface area contributed by atoms with E-state index in [1.807, 2.05) is 11.4 Å². The van der Waals surface area contributed by atoms with Crippen LogP contribution in [-0.4, -0.2) is 56.1 Å². The molecule has 6 nitrogen and oxygen atoms in total. The first-order chi connectivity index (χ1) is 13.1. The molecular weight excluding hydrogens is 386 g/mol. The molecule has 2 heterocycles. The monoisotopic (exact) mass is 407 g/mol. The summed E-state index contributed by atoms with van der Waals surface area (Å²) in [6.07, 6.45) is 0. The minimum atomic E-state index is -0.362. The van der Waals surface area contributed by atoms with Crippen molar-refractivity contribution in [1.82, 2.24) is 15.5 Å². The van der Waals surface area contributed by atoms with Crippen molar-refractivity contribution in [3.8, 4) is 0 Å². The van der Waals surface area contributed by atoms with Crippen LogP contribution in [-0.2, 0) is 9.53 Å². The van der Waals surface area contributed by atoms with Crippen LogP contribution in [0.15, 0.2) is 41.8 Å². The molecule has 2 amide bonds. The van der Waals surface area contributed by atoms with Gasteiger partial charge in [0.15, 0.2) is 0 Å². The molecule has 1 aliphatic heterocycles. The van der Waals surface area contributed by atoms with E-state index in [1.165, 1.54) is 4.88 Å². The molecule has 0 spiro atoms. The Morgan fingerprint density at radius 2 is 1.93 bits per heavy atom. The van der Waals surface area contributed by atoms with Gasteiger partial charge in [-0.15, -0.1) is 11.3 Å². The highest BCUT2D eigenvalue weighted by Gasteiger charge is 2.24. The predicted molar refractivity (Wildman–Crippen MR) is 106 cm³/mol. The highest BCUT2D eigenvalue weighted by Crippen LogP contribution is 2.25. The summed E-state index contributed by atoms with van der Waals surface area (Å²) in [5.41, 5.74) is 0.358. The molecule has 27 heavy (non-hydrogen) atoms. The number of thiophene rings is 1. The molecule has 1 aromatic carbocycles. The number of rotatable bonds is 7. The van der Waals surface area contributed by atoms with Crippen LogP contribution in [0.4, 0.5) is 0 Å². The van der Waals surface area contributed by atoms with E-state index in [2.05, 4.69) is 21.6 Å². The van der Waals surface area contributed by atoms with Gasteiger partial charge in [-0.2, -0.15) is 0 Å². The van der Waals surface area contributed by atoms with Crippen molar-refractivity contribution in [1.29, 1.82) is 0 Å². The zero-order chi connectivity index (χ0) is 19.1. The van der Waals surface area contributed by atoms with Gasteiger partial charge in [0.2, 0.25) is 5.91 Å². The standard InChI is InChI=1S/C19H22ClN3O3S/c20-15-5-2-1-4-14(15)19(25)22-13-18(24)21-12-16(17-6-3-11-27-17)23-7-9-26-10-8-23/h1-6,11,16H,7-10,12-13H2,(H,21,24)(H,22,25). The van der Waals surface area contributed by atoms with Crippen molar-refractivity contribution in [3.63, 3.8) is 0 Å². The van der Waals surface area contributed by atoms with E-state index in [4.69, 9.17) is 16.3 Å². The largest absolute Gasteiger partial charge is 0.379 e. The second-order valence-corrected chi connectivity index (χ2v) is 7.53. The third kappa shape index (κ3) is 5.52. The van der Waals surface area contributed by atoms with Crippen LogP contribution >= 0.6 is 22.9 Å². The van der Waals surface area contributed by atoms with Gasteiger partial charge in [-0.1, -0.05) is 29.8 Å². The summed E-state index contributed by atoms with van der Waals surface area (Å²) < 4.78 is 5.43. The maximum Gasteiger partial charge on any atom is 0.253 e. The highest BCUT2D eigenvalue weighted by molar-refractivity contribution is 7.10. The van der Waals surface area contributed by atoms with Crippen molar-refractivity contribution in [2.45, 2.75) is 6.04 Å². The van der Waals surface area contributed by atoms with Crippen molar-refractivity contribution < 1.29 is 14.3 Å². The molecular formula is C19H22ClN3O3S. The molecule has 1 fully saturated rings. The number of ether oxygens (including phenoxy) is 1. The van der Waals surface area contributed by atoms with Crippen LogP contribution in [0.3, 0.4) is 0 Å². The number of hydrogen-bond donors (Lipinski definition) is 2. The van der Waals surface area contributed by atoms with Gasteiger partial charge in [0, 0.05) is 24.5 Å². The Hall–Kier alpha value is -1.93. The first-order valence-electron chi connectivity index (χ1n) is 8.80. The lowest BCUT2D eigenvalue weighted by atomic mass is 10.2. The number of amides is 2. The number of morpholine rings is 1.